The fourth-order valence-electron chi connectivity index (χ4n) is 2.77. The third-order valence-corrected chi connectivity index (χ3v) is 4.32. The van der Waals surface area contributed by atoms with Crippen LogP contribution in [0.1, 0.15) is 58.3 Å². The monoisotopic (exact) mass is 334 g/mol. The van der Waals surface area contributed by atoms with Crippen LogP contribution in [0, 0.1) is 0 Å². The molecule has 0 aromatic heterocycles. The average Bonchev–Trinajstić information content (AvgIpc) is 2.54. The van der Waals surface area contributed by atoms with Crippen LogP contribution >= 0.6 is 0 Å². The van der Waals surface area contributed by atoms with Gasteiger partial charge in [-0.05, 0) is 6.42 Å². The van der Waals surface area contributed by atoms with Crippen molar-refractivity contribution in [2.75, 3.05) is 0 Å². The molecule has 0 aromatic carbocycles. The highest BCUT2D eigenvalue weighted by Gasteiger charge is 2.50. The molecule has 0 heterocycles. The molecule has 1 rings (SSSR count). The fraction of sp³-hybridized carbons (Fsp3) is 0.938. The SMILES string of the molecule is CCCCCCCCCC(=O)OC1[C@H](O)[C@H](O)C(O)[C@H](O)[C@H]1O. The Bertz CT molecular complexity index is 333. The first kappa shape index (κ1) is 20.3. The summed E-state index contributed by atoms with van der Waals surface area (Å²) in [6.45, 7) is 2.15. The third-order valence-electron chi connectivity index (χ3n) is 4.32. The van der Waals surface area contributed by atoms with Crippen LogP contribution < -0.4 is 0 Å². The highest BCUT2D eigenvalue weighted by molar-refractivity contribution is 5.69. The lowest BCUT2D eigenvalue weighted by atomic mass is 9.85. The molecule has 136 valence electrons. The van der Waals surface area contributed by atoms with Gasteiger partial charge in [-0.15, -0.1) is 0 Å². The maximum Gasteiger partial charge on any atom is 0.306 e. The molecule has 0 bridgehead atoms. The van der Waals surface area contributed by atoms with E-state index < -0.39 is 42.6 Å². The minimum absolute atomic E-state index is 0.151. The summed E-state index contributed by atoms with van der Waals surface area (Å²) >= 11 is 0. The van der Waals surface area contributed by atoms with Crippen molar-refractivity contribution in [1.29, 1.82) is 0 Å². The van der Waals surface area contributed by atoms with E-state index in [9.17, 15) is 30.3 Å². The molecule has 0 spiro atoms. The molecule has 5 N–H and O–H groups in total. The fourth-order valence-corrected chi connectivity index (χ4v) is 2.77. The van der Waals surface area contributed by atoms with Crippen LogP contribution in [0.5, 0.6) is 0 Å². The van der Waals surface area contributed by atoms with Gasteiger partial charge < -0.3 is 30.3 Å². The van der Waals surface area contributed by atoms with Gasteiger partial charge in [-0.3, -0.25) is 4.79 Å². The first-order valence-electron chi connectivity index (χ1n) is 8.50. The van der Waals surface area contributed by atoms with Crippen LogP contribution in [-0.2, 0) is 9.53 Å². The van der Waals surface area contributed by atoms with Gasteiger partial charge >= 0.3 is 5.97 Å². The Hall–Kier alpha value is -0.730. The van der Waals surface area contributed by atoms with E-state index in [0.717, 1.165) is 19.3 Å². The molecule has 6 atom stereocenters. The summed E-state index contributed by atoms with van der Waals surface area (Å²) in [5, 5.41) is 48.1. The van der Waals surface area contributed by atoms with Gasteiger partial charge in [0, 0.05) is 6.42 Å². The van der Waals surface area contributed by atoms with E-state index in [1.165, 1.54) is 19.3 Å². The summed E-state index contributed by atoms with van der Waals surface area (Å²) in [6, 6.07) is 0. The van der Waals surface area contributed by atoms with Gasteiger partial charge in [0.1, 0.15) is 30.5 Å². The molecular weight excluding hydrogens is 304 g/mol. The van der Waals surface area contributed by atoms with Gasteiger partial charge in [-0.2, -0.15) is 0 Å². The summed E-state index contributed by atoms with van der Waals surface area (Å²) in [6.07, 6.45) is -2.27. The van der Waals surface area contributed by atoms with Crippen molar-refractivity contribution >= 4 is 5.97 Å². The molecule has 1 fully saturated rings. The van der Waals surface area contributed by atoms with Gasteiger partial charge in [-0.25, -0.2) is 0 Å². The minimum Gasteiger partial charge on any atom is -0.457 e. The summed E-state index contributed by atoms with van der Waals surface area (Å²) in [5.41, 5.74) is 0. The minimum atomic E-state index is -1.68. The number of rotatable bonds is 9. The molecule has 0 saturated heterocycles. The maximum atomic E-state index is 11.8. The molecule has 7 heteroatoms. The van der Waals surface area contributed by atoms with E-state index >= 15 is 0 Å². The topological polar surface area (TPSA) is 127 Å². The normalized spacial score (nSPS) is 34.3. The highest BCUT2D eigenvalue weighted by atomic mass is 16.6. The van der Waals surface area contributed by atoms with Crippen molar-refractivity contribution in [2.45, 2.75) is 94.9 Å². The van der Waals surface area contributed by atoms with Gasteiger partial charge in [0.05, 0.1) is 0 Å². The largest absolute Gasteiger partial charge is 0.457 e. The molecule has 0 aliphatic heterocycles. The Morgan fingerprint density at radius 1 is 0.739 bits per heavy atom. The van der Waals surface area contributed by atoms with Crippen molar-refractivity contribution in [1.82, 2.24) is 0 Å². The Morgan fingerprint density at radius 3 is 1.70 bits per heavy atom. The number of carbonyl (C=O) groups excluding carboxylic acids is 1. The van der Waals surface area contributed by atoms with Gasteiger partial charge in [-0.1, -0.05) is 45.4 Å². The second-order valence-corrected chi connectivity index (χ2v) is 6.28. The first-order chi connectivity index (χ1) is 10.9. The molecular formula is C16H30O7. The van der Waals surface area contributed by atoms with E-state index in [4.69, 9.17) is 4.74 Å². The summed E-state index contributed by atoms with van der Waals surface area (Å²) < 4.78 is 4.98. The standard InChI is InChI=1S/C16H30O7/c1-2-3-4-5-6-7-8-9-10(17)23-16-14(21)12(19)11(18)13(20)15(16)22/h11-16,18-22H,2-9H2,1H3/t11?,12-,13+,14-,15-,16?/m1/s1. The van der Waals surface area contributed by atoms with Crippen molar-refractivity contribution in [3.8, 4) is 0 Å². The second-order valence-electron chi connectivity index (χ2n) is 6.28. The van der Waals surface area contributed by atoms with E-state index in [0.29, 0.717) is 6.42 Å². The lowest BCUT2D eigenvalue weighted by Gasteiger charge is -2.41. The zero-order chi connectivity index (χ0) is 17.4. The molecule has 7 nitrogen and oxygen atoms in total. The molecule has 1 aliphatic carbocycles. The quantitative estimate of drug-likeness (QED) is 0.293. The number of esters is 1. The van der Waals surface area contributed by atoms with Gasteiger partial charge in [0.2, 0.25) is 0 Å². The van der Waals surface area contributed by atoms with Crippen molar-refractivity contribution < 1.29 is 35.1 Å². The Kier molecular flexibility index (Phi) is 9.01. The molecule has 0 aromatic rings. The van der Waals surface area contributed by atoms with E-state index in [1.54, 1.807) is 0 Å². The smallest absolute Gasteiger partial charge is 0.306 e. The van der Waals surface area contributed by atoms with E-state index in [1.807, 2.05) is 0 Å². The van der Waals surface area contributed by atoms with Crippen LogP contribution in [0.2, 0.25) is 0 Å². The van der Waals surface area contributed by atoms with Gasteiger partial charge in [0.25, 0.3) is 0 Å². The number of ether oxygens (including phenoxy) is 1. The number of hydrogen-bond donors (Lipinski definition) is 5. The van der Waals surface area contributed by atoms with Crippen molar-refractivity contribution in [3.05, 3.63) is 0 Å². The molecule has 2 unspecified atom stereocenters. The van der Waals surface area contributed by atoms with Crippen LogP contribution in [0.4, 0.5) is 0 Å². The highest BCUT2D eigenvalue weighted by Crippen LogP contribution is 2.24. The summed E-state index contributed by atoms with van der Waals surface area (Å²) in [4.78, 5) is 11.8. The van der Waals surface area contributed by atoms with Crippen LogP contribution in [0.3, 0.4) is 0 Å². The van der Waals surface area contributed by atoms with Crippen LogP contribution in [0.15, 0.2) is 0 Å². The van der Waals surface area contributed by atoms with E-state index in [2.05, 4.69) is 6.92 Å². The predicted molar refractivity (Wildman–Crippen MR) is 82.5 cm³/mol. The Morgan fingerprint density at radius 2 is 1.17 bits per heavy atom. The van der Waals surface area contributed by atoms with E-state index in [-0.39, 0.29) is 6.42 Å². The molecule has 23 heavy (non-hydrogen) atoms. The van der Waals surface area contributed by atoms with Crippen molar-refractivity contribution in [3.63, 3.8) is 0 Å². The lowest BCUT2D eigenvalue weighted by molar-refractivity contribution is -0.233. The summed E-state index contributed by atoms with van der Waals surface area (Å²) in [5.74, 6) is -0.600. The molecule has 0 amide bonds. The van der Waals surface area contributed by atoms with Crippen LogP contribution in [-0.4, -0.2) is 68.1 Å². The zero-order valence-corrected chi connectivity index (χ0v) is 13.7. The zero-order valence-electron chi connectivity index (χ0n) is 13.7. The predicted octanol–water partition coefficient (Wildman–Crippen LogP) is -0.143. The maximum absolute atomic E-state index is 11.8. The molecule has 0 radical (unpaired) electrons. The molecule has 1 aliphatic rings. The average molecular weight is 334 g/mol. The summed E-state index contributed by atoms with van der Waals surface area (Å²) in [7, 11) is 0. The number of carbonyl (C=O) groups is 1. The Balaban J connectivity index is 2.30. The number of aliphatic hydroxyl groups is 5. The number of aliphatic hydroxyl groups excluding tert-OH is 5. The van der Waals surface area contributed by atoms with Crippen molar-refractivity contribution in [2.24, 2.45) is 0 Å². The number of unbranched alkanes of at least 4 members (excludes halogenated alkanes) is 6. The van der Waals surface area contributed by atoms with Crippen LogP contribution in [0.25, 0.3) is 0 Å². The molecule has 1 saturated carbocycles. The number of hydrogen-bond acceptors (Lipinski definition) is 7. The van der Waals surface area contributed by atoms with Gasteiger partial charge in [0.15, 0.2) is 6.10 Å². The second kappa shape index (κ2) is 10.2. The first-order valence-corrected chi connectivity index (χ1v) is 8.50. The Labute approximate surface area is 136 Å². The lowest BCUT2D eigenvalue weighted by Crippen LogP contribution is -2.64. The third kappa shape index (κ3) is 6.00.